The zero-order valence-corrected chi connectivity index (χ0v) is 14.7. The van der Waals surface area contributed by atoms with Crippen molar-refractivity contribution in [3.8, 4) is 0 Å². The van der Waals surface area contributed by atoms with Crippen LogP contribution in [-0.2, 0) is 18.9 Å². The predicted octanol–water partition coefficient (Wildman–Crippen LogP) is -4.47. The third kappa shape index (κ3) is 4.34. The van der Waals surface area contributed by atoms with Crippen LogP contribution < -0.4 is 5.32 Å². The van der Waals surface area contributed by atoms with E-state index in [9.17, 15) is 30.6 Å². The molecule has 26 heavy (non-hydrogen) atoms. The fourth-order valence-corrected chi connectivity index (χ4v) is 3.30. The highest BCUT2D eigenvalue weighted by molar-refractivity contribution is 4.96. The minimum absolute atomic E-state index is 0.245. The number of nitrogens with one attached hydrogen (secondary N) is 1. The minimum Gasteiger partial charge on any atom is -0.394 e. The molecule has 10 atom stereocenters. The molecule has 2 saturated heterocycles. The smallest absolute Gasteiger partial charge is 0.187 e. The molecule has 2 heterocycles. The topological polar surface area (TPSA) is 170 Å². The molecule has 2 aliphatic heterocycles. The first-order chi connectivity index (χ1) is 12.4. The second-order valence-corrected chi connectivity index (χ2v) is 6.44. The molecule has 0 aliphatic carbocycles. The van der Waals surface area contributed by atoms with E-state index in [1.165, 1.54) is 7.11 Å². The molecule has 0 bridgehead atoms. The van der Waals surface area contributed by atoms with E-state index in [1.54, 1.807) is 7.05 Å². The lowest BCUT2D eigenvalue weighted by molar-refractivity contribution is -0.343. The highest BCUT2D eigenvalue weighted by Gasteiger charge is 2.50. The maximum atomic E-state index is 10.4. The molecule has 2 aliphatic rings. The van der Waals surface area contributed by atoms with Gasteiger partial charge in [-0.1, -0.05) is 0 Å². The molecule has 0 aromatic rings. The number of likely N-dealkylation sites (N-methyl/N-ethyl adjacent to an activating group) is 1. The van der Waals surface area contributed by atoms with E-state index in [4.69, 9.17) is 18.9 Å². The lowest BCUT2D eigenvalue weighted by Crippen LogP contribution is -2.65. The van der Waals surface area contributed by atoms with E-state index in [2.05, 4.69) is 5.32 Å². The Kier molecular flexibility index (Phi) is 8.12. The molecule has 11 nitrogen and oxygen atoms in total. The van der Waals surface area contributed by atoms with E-state index >= 15 is 0 Å². The Morgan fingerprint density at radius 2 is 1.46 bits per heavy atom. The van der Waals surface area contributed by atoms with Gasteiger partial charge in [-0.05, 0) is 7.05 Å². The van der Waals surface area contributed by atoms with E-state index in [-0.39, 0.29) is 6.54 Å². The molecular weight excluding hydrogens is 354 g/mol. The average molecular weight is 383 g/mol. The third-order valence-corrected chi connectivity index (χ3v) is 4.75. The highest BCUT2D eigenvalue weighted by Crippen LogP contribution is 2.29. The number of ether oxygens (including phenoxy) is 4. The van der Waals surface area contributed by atoms with Gasteiger partial charge in [0.1, 0.15) is 48.8 Å². The Morgan fingerprint density at radius 1 is 0.808 bits per heavy atom. The van der Waals surface area contributed by atoms with Crippen LogP contribution >= 0.6 is 0 Å². The molecule has 0 saturated carbocycles. The molecular formula is C15H29NO10. The second kappa shape index (κ2) is 9.66. The van der Waals surface area contributed by atoms with Crippen molar-refractivity contribution < 1.29 is 49.6 Å². The van der Waals surface area contributed by atoms with Crippen molar-refractivity contribution in [1.82, 2.24) is 5.32 Å². The molecule has 0 spiro atoms. The summed E-state index contributed by atoms with van der Waals surface area (Å²) in [4.78, 5) is 0. The van der Waals surface area contributed by atoms with Crippen molar-refractivity contribution in [2.75, 3.05) is 33.9 Å². The summed E-state index contributed by atoms with van der Waals surface area (Å²) in [6.07, 6.45) is -12.0. The van der Waals surface area contributed by atoms with Gasteiger partial charge < -0.3 is 54.9 Å². The molecule has 0 aromatic heterocycles. The van der Waals surface area contributed by atoms with Crippen LogP contribution in [0.3, 0.4) is 0 Å². The number of methoxy groups -OCH3 is 1. The van der Waals surface area contributed by atoms with Gasteiger partial charge in [-0.15, -0.1) is 0 Å². The lowest BCUT2D eigenvalue weighted by atomic mass is 9.94. The standard InChI is InChI=1S/C15H29NO10/c1-16-3-6-9(19)11(21)13(8(5-18)24-6)26-15-12(22)14(23-2)10(20)7(4-17)25-15/h6-22H,3-5H2,1-2H3. The molecule has 7 N–H and O–H groups in total. The van der Waals surface area contributed by atoms with Gasteiger partial charge >= 0.3 is 0 Å². The van der Waals surface area contributed by atoms with E-state index in [0.717, 1.165) is 0 Å². The van der Waals surface area contributed by atoms with Crippen molar-refractivity contribution >= 4 is 0 Å². The predicted molar refractivity (Wildman–Crippen MR) is 85.1 cm³/mol. The summed E-state index contributed by atoms with van der Waals surface area (Å²) in [7, 11) is 2.92. The largest absolute Gasteiger partial charge is 0.394 e. The minimum atomic E-state index is -1.43. The first-order valence-corrected chi connectivity index (χ1v) is 8.47. The SMILES string of the molecule is CNCC1OC(CO)C(OC2OC(CO)C(O)C(OC)C2O)C(O)C1O. The van der Waals surface area contributed by atoms with Crippen molar-refractivity contribution in [3.05, 3.63) is 0 Å². The zero-order valence-electron chi connectivity index (χ0n) is 14.7. The quantitative estimate of drug-likeness (QED) is 0.226. The lowest BCUT2D eigenvalue weighted by Gasteiger charge is -2.46. The third-order valence-electron chi connectivity index (χ3n) is 4.75. The van der Waals surface area contributed by atoms with Gasteiger partial charge in [0.05, 0.1) is 19.3 Å². The number of aliphatic hydroxyl groups is 6. The number of hydrogen-bond acceptors (Lipinski definition) is 11. The van der Waals surface area contributed by atoms with Crippen molar-refractivity contribution in [1.29, 1.82) is 0 Å². The first kappa shape index (κ1) is 21.9. The second-order valence-electron chi connectivity index (χ2n) is 6.44. The Balaban J connectivity index is 2.13. The van der Waals surface area contributed by atoms with Crippen LogP contribution in [0.5, 0.6) is 0 Å². The molecule has 0 radical (unpaired) electrons. The van der Waals surface area contributed by atoms with Crippen molar-refractivity contribution in [3.63, 3.8) is 0 Å². The summed E-state index contributed by atoms with van der Waals surface area (Å²) in [6.45, 7) is -0.806. The maximum Gasteiger partial charge on any atom is 0.187 e. The number of hydrogen-bond donors (Lipinski definition) is 7. The van der Waals surface area contributed by atoms with Crippen LogP contribution in [0, 0.1) is 0 Å². The van der Waals surface area contributed by atoms with E-state index in [1.807, 2.05) is 0 Å². The number of rotatable bonds is 7. The van der Waals surface area contributed by atoms with Crippen LogP contribution in [0.15, 0.2) is 0 Å². The summed E-state index contributed by atoms with van der Waals surface area (Å²) in [5.41, 5.74) is 0. The fourth-order valence-electron chi connectivity index (χ4n) is 3.30. The maximum absolute atomic E-state index is 10.4. The van der Waals surface area contributed by atoms with Crippen molar-refractivity contribution in [2.45, 2.75) is 61.2 Å². The van der Waals surface area contributed by atoms with Gasteiger partial charge in [0.25, 0.3) is 0 Å². The van der Waals surface area contributed by atoms with Gasteiger partial charge in [-0.25, -0.2) is 0 Å². The summed E-state index contributed by atoms with van der Waals surface area (Å²) < 4.78 is 21.5. The molecule has 2 fully saturated rings. The Bertz CT molecular complexity index is 427. The Labute approximate surface area is 151 Å². The first-order valence-electron chi connectivity index (χ1n) is 8.47. The molecule has 10 unspecified atom stereocenters. The summed E-state index contributed by atoms with van der Waals surface area (Å²) in [5.74, 6) is 0. The van der Waals surface area contributed by atoms with Gasteiger partial charge in [0, 0.05) is 13.7 Å². The highest BCUT2D eigenvalue weighted by atomic mass is 16.7. The molecule has 2 rings (SSSR count). The number of aliphatic hydroxyl groups excluding tert-OH is 6. The van der Waals surface area contributed by atoms with E-state index < -0.39 is 74.4 Å². The summed E-state index contributed by atoms with van der Waals surface area (Å²) in [5, 5.41) is 62.6. The van der Waals surface area contributed by atoms with Gasteiger partial charge in [0.2, 0.25) is 0 Å². The van der Waals surface area contributed by atoms with Crippen LogP contribution in [0.1, 0.15) is 0 Å². The van der Waals surface area contributed by atoms with Gasteiger partial charge in [-0.2, -0.15) is 0 Å². The van der Waals surface area contributed by atoms with Crippen LogP contribution in [0.2, 0.25) is 0 Å². The Morgan fingerprint density at radius 3 is 2.00 bits per heavy atom. The van der Waals surface area contributed by atoms with Crippen molar-refractivity contribution in [2.24, 2.45) is 0 Å². The average Bonchev–Trinajstić information content (AvgIpc) is 2.63. The summed E-state index contributed by atoms with van der Waals surface area (Å²) >= 11 is 0. The fraction of sp³-hybridized carbons (Fsp3) is 1.00. The van der Waals surface area contributed by atoms with Crippen LogP contribution in [0.4, 0.5) is 0 Å². The van der Waals surface area contributed by atoms with Gasteiger partial charge in [0.15, 0.2) is 6.29 Å². The normalized spacial score (nSPS) is 47.1. The van der Waals surface area contributed by atoms with E-state index in [0.29, 0.717) is 0 Å². The summed E-state index contributed by atoms with van der Waals surface area (Å²) in [6, 6.07) is 0. The molecule has 0 aromatic carbocycles. The zero-order chi connectivity index (χ0) is 19.4. The van der Waals surface area contributed by atoms with Gasteiger partial charge in [-0.3, -0.25) is 0 Å². The molecule has 11 heteroatoms. The molecule has 0 amide bonds. The Hall–Kier alpha value is -0.440. The van der Waals surface area contributed by atoms with Crippen LogP contribution in [0.25, 0.3) is 0 Å². The monoisotopic (exact) mass is 383 g/mol. The molecule has 154 valence electrons. The van der Waals surface area contributed by atoms with Crippen LogP contribution in [-0.4, -0.2) is 126 Å².